The molecule has 1 unspecified atom stereocenters. The molecule has 1 heterocycles. The number of halogens is 3. The molecule has 6 nitrogen and oxygen atoms in total. The molecular weight excluding hydrogens is 387 g/mol. The van der Waals surface area contributed by atoms with Gasteiger partial charge in [0.25, 0.3) is 5.91 Å². The molecule has 1 aliphatic carbocycles. The number of carbonyl (C=O) groups excluding carboxylic acids is 2. The van der Waals surface area contributed by atoms with Crippen molar-refractivity contribution in [3.8, 4) is 5.88 Å². The van der Waals surface area contributed by atoms with Gasteiger partial charge in [-0.1, -0.05) is 30.3 Å². The first-order valence-corrected chi connectivity index (χ1v) is 9.11. The van der Waals surface area contributed by atoms with Gasteiger partial charge in [0.2, 0.25) is 11.8 Å². The summed E-state index contributed by atoms with van der Waals surface area (Å²) < 4.78 is 41.1. The second-order valence-electron chi connectivity index (χ2n) is 6.79. The van der Waals surface area contributed by atoms with E-state index in [4.69, 9.17) is 0 Å². The Bertz CT molecular complexity index is 838. The maximum Gasteiger partial charge on any atom is 0.422 e. The van der Waals surface area contributed by atoms with Gasteiger partial charge in [0, 0.05) is 24.7 Å². The molecule has 1 atom stereocenters. The van der Waals surface area contributed by atoms with Gasteiger partial charge in [-0.2, -0.15) is 13.2 Å². The number of hydrogen-bond acceptors (Lipinski definition) is 4. The molecule has 1 aliphatic rings. The van der Waals surface area contributed by atoms with Crippen LogP contribution in [0.3, 0.4) is 0 Å². The van der Waals surface area contributed by atoms with E-state index in [9.17, 15) is 22.8 Å². The summed E-state index contributed by atoms with van der Waals surface area (Å²) in [6.45, 7) is -1.47. The molecule has 0 spiro atoms. The highest BCUT2D eigenvalue weighted by Gasteiger charge is 2.30. The SMILES string of the molecule is O=C(NC(Cc1ccccc1)C(=O)NC1CC1)c1ccc(OCC(F)(F)F)nc1. The lowest BCUT2D eigenvalue weighted by Gasteiger charge is -2.18. The zero-order valence-corrected chi connectivity index (χ0v) is 15.4. The summed E-state index contributed by atoms with van der Waals surface area (Å²) in [7, 11) is 0. The van der Waals surface area contributed by atoms with Crippen molar-refractivity contribution < 1.29 is 27.5 Å². The van der Waals surface area contributed by atoms with Crippen LogP contribution in [0.25, 0.3) is 0 Å². The van der Waals surface area contributed by atoms with Gasteiger partial charge in [-0.25, -0.2) is 4.98 Å². The largest absolute Gasteiger partial charge is 0.468 e. The molecule has 1 saturated carbocycles. The Morgan fingerprint density at radius 3 is 2.45 bits per heavy atom. The van der Waals surface area contributed by atoms with E-state index in [2.05, 4.69) is 20.4 Å². The van der Waals surface area contributed by atoms with Crippen LogP contribution in [-0.4, -0.2) is 41.7 Å². The van der Waals surface area contributed by atoms with Gasteiger partial charge in [-0.05, 0) is 24.5 Å². The van der Waals surface area contributed by atoms with Crippen LogP contribution in [-0.2, 0) is 11.2 Å². The maximum atomic E-state index is 12.5. The predicted octanol–water partition coefficient (Wildman–Crippen LogP) is 2.64. The molecule has 1 aromatic carbocycles. The Labute approximate surface area is 165 Å². The predicted molar refractivity (Wildman–Crippen MR) is 98.4 cm³/mol. The van der Waals surface area contributed by atoms with E-state index in [0.717, 1.165) is 24.6 Å². The second kappa shape index (κ2) is 8.93. The summed E-state index contributed by atoms with van der Waals surface area (Å²) in [6.07, 6.45) is -1.22. The Kier molecular flexibility index (Phi) is 6.36. The van der Waals surface area contributed by atoms with Crippen molar-refractivity contribution >= 4 is 11.8 Å². The molecule has 154 valence electrons. The van der Waals surface area contributed by atoms with E-state index in [0.29, 0.717) is 6.42 Å². The molecule has 2 N–H and O–H groups in total. The molecule has 2 amide bonds. The molecule has 9 heteroatoms. The van der Waals surface area contributed by atoms with Crippen LogP contribution in [0.1, 0.15) is 28.8 Å². The second-order valence-corrected chi connectivity index (χ2v) is 6.79. The highest BCUT2D eigenvalue weighted by Crippen LogP contribution is 2.19. The zero-order valence-electron chi connectivity index (χ0n) is 15.4. The first kappa shape index (κ1) is 20.6. The van der Waals surface area contributed by atoms with Gasteiger partial charge in [-0.3, -0.25) is 9.59 Å². The number of rotatable bonds is 8. The van der Waals surface area contributed by atoms with Crippen LogP contribution in [0.15, 0.2) is 48.7 Å². The molecule has 2 aromatic rings. The van der Waals surface area contributed by atoms with E-state index >= 15 is 0 Å². The lowest BCUT2D eigenvalue weighted by atomic mass is 10.0. The summed E-state index contributed by atoms with van der Waals surface area (Å²) >= 11 is 0. The van der Waals surface area contributed by atoms with Crippen molar-refractivity contribution in [3.05, 3.63) is 59.8 Å². The van der Waals surface area contributed by atoms with E-state index in [1.807, 2.05) is 30.3 Å². The summed E-state index contributed by atoms with van der Waals surface area (Å²) in [6, 6.07) is 11.1. The zero-order chi connectivity index (χ0) is 20.9. The molecule has 0 radical (unpaired) electrons. The monoisotopic (exact) mass is 407 g/mol. The fraction of sp³-hybridized carbons (Fsp3) is 0.350. The first-order valence-electron chi connectivity index (χ1n) is 9.11. The van der Waals surface area contributed by atoms with Gasteiger partial charge >= 0.3 is 6.18 Å². The number of hydrogen-bond donors (Lipinski definition) is 2. The van der Waals surface area contributed by atoms with Crippen molar-refractivity contribution in [3.63, 3.8) is 0 Å². The number of nitrogens with zero attached hydrogens (tertiary/aromatic N) is 1. The number of nitrogens with one attached hydrogen (secondary N) is 2. The van der Waals surface area contributed by atoms with Gasteiger partial charge in [0.1, 0.15) is 6.04 Å². The van der Waals surface area contributed by atoms with Crippen molar-refractivity contribution in [2.45, 2.75) is 37.5 Å². The minimum atomic E-state index is -4.47. The van der Waals surface area contributed by atoms with Crippen LogP contribution in [0.5, 0.6) is 5.88 Å². The van der Waals surface area contributed by atoms with E-state index < -0.39 is 24.7 Å². The third-order valence-corrected chi connectivity index (χ3v) is 4.21. The normalized spacial score (nSPS) is 14.7. The number of aromatic nitrogens is 1. The van der Waals surface area contributed by atoms with Crippen LogP contribution in [0.4, 0.5) is 13.2 Å². The van der Waals surface area contributed by atoms with Crippen molar-refractivity contribution in [2.75, 3.05) is 6.61 Å². The fourth-order valence-electron chi connectivity index (χ4n) is 2.59. The number of benzene rings is 1. The fourth-order valence-corrected chi connectivity index (χ4v) is 2.59. The van der Waals surface area contributed by atoms with E-state index in [1.54, 1.807) is 0 Å². The third kappa shape index (κ3) is 6.78. The minimum Gasteiger partial charge on any atom is -0.468 e. The average Bonchev–Trinajstić information content (AvgIpc) is 3.50. The van der Waals surface area contributed by atoms with E-state index in [-0.39, 0.29) is 23.4 Å². The van der Waals surface area contributed by atoms with Gasteiger partial charge in [0.05, 0.1) is 5.56 Å². The van der Waals surface area contributed by atoms with Crippen LogP contribution >= 0.6 is 0 Å². The van der Waals surface area contributed by atoms with Crippen LogP contribution in [0, 0.1) is 0 Å². The average molecular weight is 407 g/mol. The number of pyridine rings is 1. The van der Waals surface area contributed by atoms with Crippen molar-refractivity contribution in [1.82, 2.24) is 15.6 Å². The van der Waals surface area contributed by atoms with Gasteiger partial charge in [0.15, 0.2) is 6.61 Å². The number of ether oxygens (including phenoxy) is 1. The summed E-state index contributed by atoms with van der Waals surface area (Å²) in [5.41, 5.74) is 0.999. The molecule has 1 fully saturated rings. The smallest absolute Gasteiger partial charge is 0.422 e. The lowest BCUT2D eigenvalue weighted by molar-refractivity contribution is -0.154. The number of carbonyl (C=O) groups is 2. The molecule has 1 aromatic heterocycles. The topological polar surface area (TPSA) is 80.3 Å². The molecule has 0 aliphatic heterocycles. The lowest BCUT2D eigenvalue weighted by Crippen LogP contribution is -2.48. The summed E-state index contributed by atoms with van der Waals surface area (Å²) in [5.74, 6) is -1.07. The quantitative estimate of drug-likeness (QED) is 0.705. The highest BCUT2D eigenvalue weighted by molar-refractivity contribution is 5.97. The number of alkyl halides is 3. The maximum absolute atomic E-state index is 12.5. The van der Waals surface area contributed by atoms with Crippen LogP contribution < -0.4 is 15.4 Å². The molecule has 3 rings (SSSR count). The minimum absolute atomic E-state index is 0.113. The number of amides is 2. The molecule has 0 saturated heterocycles. The van der Waals surface area contributed by atoms with Crippen LogP contribution in [0.2, 0.25) is 0 Å². The molecule has 29 heavy (non-hydrogen) atoms. The van der Waals surface area contributed by atoms with Gasteiger partial charge in [-0.15, -0.1) is 0 Å². The Balaban J connectivity index is 1.64. The Morgan fingerprint density at radius 2 is 1.86 bits per heavy atom. The summed E-state index contributed by atoms with van der Waals surface area (Å²) in [5, 5.41) is 5.55. The van der Waals surface area contributed by atoms with Gasteiger partial charge < -0.3 is 15.4 Å². The third-order valence-electron chi connectivity index (χ3n) is 4.21. The molecule has 0 bridgehead atoms. The Hall–Kier alpha value is -3.10. The Morgan fingerprint density at radius 1 is 1.14 bits per heavy atom. The molecular formula is C20H20F3N3O3. The van der Waals surface area contributed by atoms with Crippen molar-refractivity contribution in [2.24, 2.45) is 0 Å². The standard InChI is InChI=1S/C20H20F3N3O3/c21-20(22,23)12-29-17-9-6-14(11-24-17)18(27)26-16(19(28)25-15-7-8-15)10-13-4-2-1-3-5-13/h1-6,9,11,15-16H,7-8,10,12H2,(H,25,28)(H,26,27). The van der Waals surface area contributed by atoms with E-state index in [1.165, 1.54) is 12.1 Å². The first-order chi connectivity index (χ1) is 13.8. The highest BCUT2D eigenvalue weighted by atomic mass is 19.4. The summed E-state index contributed by atoms with van der Waals surface area (Å²) in [4.78, 5) is 28.8. The van der Waals surface area contributed by atoms with Crippen molar-refractivity contribution in [1.29, 1.82) is 0 Å².